The molecule has 2 aliphatic heterocycles. The zero-order chi connectivity index (χ0) is 18.5. The summed E-state index contributed by atoms with van der Waals surface area (Å²) in [6, 6.07) is 2.45. The normalized spacial score (nSPS) is 22.8. The minimum Gasteiger partial charge on any atom is -0.361 e. The molecule has 2 aromatic heterocycles. The number of nitrogens with zero attached hydrogens (tertiary/aromatic N) is 4. The van der Waals surface area contributed by atoms with E-state index in [1.165, 1.54) is 12.3 Å². The van der Waals surface area contributed by atoms with E-state index in [1.54, 1.807) is 6.92 Å². The summed E-state index contributed by atoms with van der Waals surface area (Å²) >= 11 is 0. The lowest BCUT2D eigenvalue weighted by Crippen LogP contribution is -2.40. The zero-order valence-electron chi connectivity index (χ0n) is 14.0. The molecule has 1 amide bonds. The molecule has 138 valence electrons. The topological polar surface area (TPSA) is 62.5 Å². The molecule has 0 aliphatic carbocycles. The summed E-state index contributed by atoms with van der Waals surface area (Å²) in [5.74, 6) is 1.15. The molecule has 0 aromatic carbocycles. The molecule has 2 unspecified atom stereocenters. The largest absolute Gasteiger partial charge is 0.417 e. The molecular weight excluding hydrogens is 349 g/mol. The molecule has 0 radical (unpaired) electrons. The van der Waals surface area contributed by atoms with Crippen molar-refractivity contribution in [3.05, 3.63) is 41.4 Å². The van der Waals surface area contributed by atoms with Crippen molar-refractivity contribution in [2.24, 2.45) is 5.92 Å². The minimum atomic E-state index is -4.40. The Morgan fingerprint density at radius 2 is 2.08 bits per heavy atom. The van der Waals surface area contributed by atoms with E-state index in [0.717, 1.165) is 18.7 Å². The van der Waals surface area contributed by atoms with E-state index >= 15 is 0 Å². The summed E-state index contributed by atoms with van der Waals surface area (Å²) in [5.41, 5.74) is -0.308. The van der Waals surface area contributed by atoms with Gasteiger partial charge in [0.15, 0.2) is 0 Å². The van der Waals surface area contributed by atoms with Crippen molar-refractivity contribution in [3.8, 4) is 0 Å². The molecule has 0 saturated carbocycles. The highest BCUT2D eigenvalue weighted by molar-refractivity contribution is 5.95. The maximum absolute atomic E-state index is 12.7. The number of hydrogen-bond donors (Lipinski definition) is 0. The lowest BCUT2D eigenvalue weighted by atomic mass is 10.0. The van der Waals surface area contributed by atoms with Gasteiger partial charge < -0.3 is 14.3 Å². The van der Waals surface area contributed by atoms with Gasteiger partial charge in [-0.3, -0.25) is 4.79 Å². The number of aryl methyl sites for hydroxylation is 1. The molecule has 2 aromatic rings. The Balaban J connectivity index is 1.49. The number of hydrogen-bond acceptors (Lipinski definition) is 5. The number of carbonyl (C=O) groups is 1. The summed E-state index contributed by atoms with van der Waals surface area (Å²) in [7, 11) is 0. The predicted molar refractivity (Wildman–Crippen MR) is 85.6 cm³/mol. The molecular formula is C17H17F3N4O2. The summed E-state index contributed by atoms with van der Waals surface area (Å²) in [6.07, 6.45) is -1.26. The van der Waals surface area contributed by atoms with Gasteiger partial charge in [0, 0.05) is 31.7 Å². The summed E-state index contributed by atoms with van der Waals surface area (Å²) in [5, 5.41) is 3.66. The van der Waals surface area contributed by atoms with Gasteiger partial charge in [0.05, 0.1) is 17.8 Å². The van der Waals surface area contributed by atoms with Crippen molar-refractivity contribution in [1.82, 2.24) is 15.0 Å². The molecule has 0 N–H and O–H groups in total. The summed E-state index contributed by atoms with van der Waals surface area (Å²) in [6.45, 7) is 3.59. The smallest absolute Gasteiger partial charge is 0.361 e. The van der Waals surface area contributed by atoms with Gasteiger partial charge in [-0.25, -0.2) is 4.98 Å². The van der Waals surface area contributed by atoms with Crippen LogP contribution in [0.1, 0.15) is 28.1 Å². The van der Waals surface area contributed by atoms with E-state index in [-0.39, 0.29) is 17.9 Å². The molecule has 2 saturated heterocycles. The number of halogens is 3. The number of aromatic nitrogens is 2. The first-order chi connectivity index (χ1) is 12.3. The van der Waals surface area contributed by atoms with Crippen molar-refractivity contribution < 1.29 is 22.5 Å². The first-order valence-electron chi connectivity index (χ1n) is 8.35. The number of carbonyl (C=O) groups excluding carboxylic acids is 1. The molecule has 2 aliphatic rings. The Hall–Kier alpha value is -2.58. The fourth-order valence-corrected chi connectivity index (χ4v) is 3.80. The van der Waals surface area contributed by atoms with Crippen LogP contribution in [0.3, 0.4) is 0 Å². The molecule has 6 nitrogen and oxygen atoms in total. The van der Waals surface area contributed by atoms with Crippen LogP contribution in [-0.2, 0) is 6.18 Å². The van der Waals surface area contributed by atoms with Gasteiger partial charge in [-0.1, -0.05) is 5.16 Å². The number of amides is 1. The van der Waals surface area contributed by atoms with E-state index < -0.39 is 11.7 Å². The molecule has 26 heavy (non-hydrogen) atoms. The van der Waals surface area contributed by atoms with Crippen LogP contribution in [0.15, 0.2) is 29.0 Å². The fraction of sp³-hybridized carbons (Fsp3) is 0.471. The number of pyridine rings is 1. The van der Waals surface area contributed by atoms with Crippen molar-refractivity contribution in [1.29, 1.82) is 0 Å². The standard InChI is InChI=1S/C17H17F3N4O2/c1-10-13(7-22-26-10)16(25)24-5-4-11-8-23(9-14(11)24)15-3-2-12(6-21-15)17(18,19)20/h2-3,6-7,11,14H,4-5,8-9H2,1H3. The van der Waals surface area contributed by atoms with Crippen LogP contribution in [0.5, 0.6) is 0 Å². The van der Waals surface area contributed by atoms with Crippen LogP contribution in [0.2, 0.25) is 0 Å². The van der Waals surface area contributed by atoms with Gasteiger partial charge in [-0.2, -0.15) is 13.2 Å². The van der Waals surface area contributed by atoms with E-state index in [9.17, 15) is 18.0 Å². The predicted octanol–water partition coefficient (Wildman–Crippen LogP) is 2.75. The molecule has 9 heteroatoms. The molecule has 0 bridgehead atoms. The molecule has 2 fully saturated rings. The maximum atomic E-state index is 12.7. The lowest BCUT2D eigenvalue weighted by Gasteiger charge is -2.25. The molecule has 4 heterocycles. The lowest BCUT2D eigenvalue weighted by molar-refractivity contribution is -0.137. The highest BCUT2D eigenvalue weighted by atomic mass is 19.4. The molecule has 2 atom stereocenters. The van der Waals surface area contributed by atoms with E-state index in [4.69, 9.17) is 4.52 Å². The second kappa shape index (κ2) is 6.00. The maximum Gasteiger partial charge on any atom is 0.417 e. The van der Waals surface area contributed by atoms with Crippen LogP contribution < -0.4 is 4.90 Å². The van der Waals surface area contributed by atoms with E-state index in [1.807, 2.05) is 9.80 Å². The first kappa shape index (κ1) is 16.9. The van der Waals surface area contributed by atoms with Crippen LogP contribution in [-0.4, -0.2) is 46.6 Å². The van der Waals surface area contributed by atoms with Crippen molar-refractivity contribution in [2.75, 3.05) is 24.5 Å². The average Bonchev–Trinajstić information content (AvgIpc) is 3.28. The number of alkyl halides is 3. The monoisotopic (exact) mass is 366 g/mol. The molecule has 0 spiro atoms. The van der Waals surface area contributed by atoms with Crippen LogP contribution in [0, 0.1) is 12.8 Å². The molecule has 4 rings (SSSR count). The van der Waals surface area contributed by atoms with Crippen molar-refractivity contribution in [2.45, 2.75) is 25.6 Å². The van der Waals surface area contributed by atoms with E-state index in [2.05, 4.69) is 10.1 Å². The van der Waals surface area contributed by atoms with Crippen molar-refractivity contribution >= 4 is 11.7 Å². The Labute approximate surface area is 147 Å². The van der Waals surface area contributed by atoms with Gasteiger partial charge in [0.25, 0.3) is 5.91 Å². The first-order valence-corrected chi connectivity index (χ1v) is 8.35. The van der Waals surface area contributed by atoms with Crippen molar-refractivity contribution in [3.63, 3.8) is 0 Å². The Bertz CT molecular complexity index is 818. The third kappa shape index (κ3) is 2.81. The quantitative estimate of drug-likeness (QED) is 0.818. The third-order valence-electron chi connectivity index (χ3n) is 5.19. The highest BCUT2D eigenvalue weighted by Gasteiger charge is 2.44. The van der Waals surface area contributed by atoms with Crippen LogP contribution in [0.4, 0.5) is 19.0 Å². The fourth-order valence-electron chi connectivity index (χ4n) is 3.80. The zero-order valence-corrected chi connectivity index (χ0v) is 14.0. The number of anilines is 1. The Morgan fingerprint density at radius 1 is 1.27 bits per heavy atom. The number of rotatable bonds is 2. The van der Waals surface area contributed by atoms with Gasteiger partial charge in [-0.05, 0) is 25.5 Å². The highest BCUT2D eigenvalue weighted by Crippen LogP contribution is 2.35. The Morgan fingerprint density at radius 3 is 2.69 bits per heavy atom. The SMILES string of the molecule is Cc1oncc1C(=O)N1CCC2CN(c3ccc(C(F)(F)F)cn3)CC21. The minimum absolute atomic E-state index is 0.0147. The Kier molecular flexibility index (Phi) is 3.89. The van der Waals surface area contributed by atoms with Crippen LogP contribution in [0.25, 0.3) is 0 Å². The number of likely N-dealkylation sites (tertiary alicyclic amines) is 1. The second-order valence-corrected chi connectivity index (χ2v) is 6.72. The van der Waals surface area contributed by atoms with Gasteiger partial charge in [0.1, 0.15) is 17.1 Å². The van der Waals surface area contributed by atoms with Gasteiger partial charge in [0.2, 0.25) is 0 Å². The van der Waals surface area contributed by atoms with Crippen LogP contribution >= 0.6 is 0 Å². The van der Waals surface area contributed by atoms with Gasteiger partial charge >= 0.3 is 6.18 Å². The summed E-state index contributed by atoms with van der Waals surface area (Å²) in [4.78, 5) is 20.5. The number of fused-ring (bicyclic) bond motifs is 1. The van der Waals surface area contributed by atoms with Gasteiger partial charge in [-0.15, -0.1) is 0 Å². The van der Waals surface area contributed by atoms with E-state index in [0.29, 0.717) is 36.8 Å². The third-order valence-corrected chi connectivity index (χ3v) is 5.19. The summed E-state index contributed by atoms with van der Waals surface area (Å²) < 4.78 is 43.0. The second-order valence-electron chi connectivity index (χ2n) is 6.72. The average molecular weight is 366 g/mol.